The molecular formula is C22H30O5. The molecule has 1 heterocycles. The van der Waals surface area contributed by atoms with E-state index in [1.165, 1.54) is 18.8 Å². The average molecular weight is 374 g/mol. The molecule has 0 spiro atoms. The Balaban J connectivity index is 1.88. The summed E-state index contributed by atoms with van der Waals surface area (Å²) in [6.45, 7) is 10.3. The Morgan fingerprint density at radius 2 is 2.19 bits per heavy atom. The van der Waals surface area contributed by atoms with Crippen molar-refractivity contribution in [2.75, 3.05) is 6.61 Å². The standard InChI is InChI=1S/C22H30O5/c1-14-5-8-18-21(3,17(14)7-6-16-10-12-26-20(16)25)11-9-19(24)22(18,4)13-27-15(2)23/h6,10,12,17-19,24H,1,5,7-9,11,13H2,2-4H3/b16-6+/t17-,18+,19-,21+,22+/m1/s1. The van der Waals surface area contributed by atoms with Crippen LogP contribution in [0.5, 0.6) is 0 Å². The number of allylic oxidation sites excluding steroid dienone is 2. The fraction of sp³-hybridized carbons (Fsp3) is 0.636. The van der Waals surface area contributed by atoms with Crippen molar-refractivity contribution in [3.63, 3.8) is 0 Å². The van der Waals surface area contributed by atoms with E-state index in [1.807, 2.05) is 13.0 Å². The highest BCUT2D eigenvalue weighted by molar-refractivity contribution is 5.94. The lowest BCUT2D eigenvalue weighted by Crippen LogP contribution is -2.57. The molecule has 0 bridgehead atoms. The number of esters is 2. The van der Waals surface area contributed by atoms with Gasteiger partial charge in [-0.05, 0) is 55.4 Å². The van der Waals surface area contributed by atoms with Crippen molar-refractivity contribution in [1.82, 2.24) is 0 Å². The Morgan fingerprint density at radius 1 is 1.44 bits per heavy atom. The second-order valence-corrected chi connectivity index (χ2v) is 8.75. The number of hydrogen-bond donors (Lipinski definition) is 1. The predicted octanol–water partition coefficient (Wildman–Crippen LogP) is 3.69. The molecular weight excluding hydrogens is 344 g/mol. The lowest BCUT2D eigenvalue weighted by Gasteiger charge is -2.60. The SMILES string of the molecule is C=C1CC[C@@H]2[C@](C)(COC(C)=O)[C@H](O)CC[C@@]2(C)[C@@H]1C/C=C1\C=COC1=O. The number of carbonyl (C=O) groups excluding carboxylic acids is 2. The van der Waals surface area contributed by atoms with Gasteiger partial charge in [0.25, 0.3) is 0 Å². The van der Waals surface area contributed by atoms with Crippen LogP contribution < -0.4 is 0 Å². The molecule has 2 aliphatic carbocycles. The molecule has 3 rings (SSSR count). The summed E-state index contributed by atoms with van der Waals surface area (Å²) in [5.74, 6) is -0.191. The Kier molecular flexibility index (Phi) is 5.35. The van der Waals surface area contributed by atoms with Crippen molar-refractivity contribution < 1.29 is 24.2 Å². The van der Waals surface area contributed by atoms with Crippen LogP contribution in [0.3, 0.4) is 0 Å². The Bertz CT molecular complexity index is 705. The van der Waals surface area contributed by atoms with E-state index in [-0.39, 0.29) is 35.8 Å². The van der Waals surface area contributed by atoms with E-state index < -0.39 is 11.5 Å². The summed E-state index contributed by atoms with van der Waals surface area (Å²) in [5.41, 5.74) is 1.25. The van der Waals surface area contributed by atoms with Crippen molar-refractivity contribution in [1.29, 1.82) is 0 Å². The maximum absolute atomic E-state index is 11.7. The van der Waals surface area contributed by atoms with Crippen molar-refractivity contribution >= 4 is 11.9 Å². The Morgan fingerprint density at radius 3 is 2.81 bits per heavy atom. The molecule has 2 saturated carbocycles. The van der Waals surface area contributed by atoms with Crippen LogP contribution in [0.25, 0.3) is 0 Å². The van der Waals surface area contributed by atoms with E-state index in [4.69, 9.17) is 9.47 Å². The predicted molar refractivity (Wildman–Crippen MR) is 101 cm³/mol. The van der Waals surface area contributed by atoms with Gasteiger partial charge in [-0.25, -0.2) is 4.79 Å². The molecule has 0 aromatic carbocycles. The summed E-state index contributed by atoms with van der Waals surface area (Å²) in [4.78, 5) is 23.1. The average Bonchev–Trinajstić information content (AvgIpc) is 3.01. The van der Waals surface area contributed by atoms with E-state index in [9.17, 15) is 14.7 Å². The molecule has 5 nitrogen and oxygen atoms in total. The number of aliphatic hydroxyl groups is 1. The number of cyclic esters (lactones) is 1. The molecule has 3 aliphatic rings. The van der Waals surface area contributed by atoms with Gasteiger partial charge in [0, 0.05) is 12.3 Å². The van der Waals surface area contributed by atoms with Gasteiger partial charge in [-0.2, -0.15) is 0 Å². The van der Waals surface area contributed by atoms with E-state index in [1.54, 1.807) is 6.08 Å². The van der Waals surface area contributed by atoms with Crippen LogP contribution in [-0.4, -0.2) is 29.8 Å². The second-order valence-electron chi connectivity index (χ2n) is 8.75. The molecule has 1 aliphatic heterocycles. The van der Waals surface area contributed by atoms with Gasteiger partial charge in [-0.15, -0.1) is 0 Å². The number of carbonyl (C=O) groups is 2. The van der Waals surface area contributed by atoms with Crippen LogP contribution in [0, 0.1) is 22.7 Å². The van der Waals surface area contributed by atoms with E-state index in [0.717, 1.165) is 25.7 Å². The molecule has 5 heteroatoms. The van der Waals surface area contributed by atoms with E-state index in [0.29, 0.717) is 12.0 Å². The first-order valence-electron chi connectivity index (χ1n) is 9.75. The smallest absolute Gasteiger partial charge is 0.342 e. The first-order valence-corrected chi connectivity index (χ1v) is 9.75. The largest absolute Gasteiger partial charge is 0.465 e. The second kappa shape index (κ2) is 7.27. The van der Waals surface area contributed by atoms with Gasteiger partial charge >= 0.3 is 11.9 Å². The number of ether oxygens (including phenoxy) is 2. The normalized spacial score (nSPS) is 40.0. The molecule has 27 heavy (non-hydrogen) atoms. The quantitative estimate of drug-likeness (QED) is 0.462. The van der Waals surface area contributed by atoms with Crippen LogP contribution in [0.15, 0.2) is 36.1 Å². The highest BCUT2D eigenvalue weighted by Crippen LogP contribution is 2.61. The minimum absolute atomic E-state index is 0.0628. The minimum atomic E-state index is -0.493. The molecule has 0 unspecified atom stereocenters. The highest BCUT2D eigenvalue weighted by Gasteiger charge is 2.58. The lowest BCUT2D eigenvalue weighted by atomic mass is 9.46. The number of rotatable bonds is 4. The topological polar surface area (TPSA) is 72.8 Å². The van der Waals surface area contributed by atoms with E-state index in [2.05, 4.69) is 13.5 Å². The maximum atomic E-state index is 11.7. The summed E-state index contributed by atoms with van der Waals surface area (Å²) in [5, 5.41) is 10.8. The van der Waals surface area contributed by atoms with Gasteiger partial charge in [0.1, 0.15) is 0 Å². The number of fused-ring (bicyclic) bond motifs is 1. The van der Waals surface area contributed by atoms with Gasteiger partial charge in [0.05, 0.1) is 24.5 Å². The summed E-state index contributed by atoms with van der Waals surface area (Å²) in [7, 11) is 0. The monoisotopic (exact) mass is 374 g/mol. The molecule has 2 fully saturated rings. The molecule has 0 saturated heterocycles. The lowest BCUT2D eigenvalue weighted by molar-refractivity contribution is -0.172. The number of aliphatic hydroxyl groups excluding tert-OH is 1. The summed E-state index contributed by atoms with van der Waals surface area (Å²) in [6, 6.07) is 0. The van der Waals surface area contributed by atoms with Crippen molar-refractivity contribution in [3.05, 3.63) is 36.1 Å². The molecule has 1 N–H and O–H groups in total. The fourth-order valence-corrected chi connectivity index (χ4v) is 5.58. The molecule has 0 aromatic rings. The molecule has 5 atom stereocenters. The minimum Gasteiger partial charge on any atom is -0.465 e. The third kappa shape index (κ3) is 3.49. The molecule has 0 amide bonds. The molecule has 0 radical (unpaired) electrons. The van der Waals surface area contributed by atoms with Crippen LogP contribution in [-0.2, 0) is 19.1 Å². The third-order valence-electron chi connectivity index (χ3n) is 7.17. The van der Waals surface area contributed by atoms with Gasteiger partial charge < -0.3 is 14.6 Å². The molecule has 148 valence electrons. The number of hydrogen-bond acceptors (Lipinski definition) is 5. The van der Waals surface area contributed by atoms with Crippen LogP contribution in [0.1, 0.15) is 52.9 Å². The Labute approximate surface area is 161 Å². The first kappa shape index (κ1) is 19.9. The van der Waals surface area contributed by atoms with Gasteiger partial charge in [-0.3, -0.25) is 4.79 Å². The molecule has 0 aromatic heterocycles. The third-order valence-corrected chi connectivity index (χ3v) is 7.17. The summed E-state index contributed by atoms with van der Waals surface area (Å²) >= 11 is 0. The van der Waals surface area contributed by atoms with Crippen molar-refractivity contribution in [2.24, 2.45) is 22.7 Å². The van der Waals surface area contributed by atoms with Crippen LogP contribution >= 0.6 is 0 Å². The van der Waals surface area contributed by atoms with Crippen LogP contribution in [0.4, 0.5) is 0 Å². The summed E-state index contributed by atoms with van der Waals surface area (Å²) in [6.07, 6.45) is 8.67. The van der Waals surface area contributed by atoms with Crippen molar-refractivity contribution in [2.45, 2.75) is 59.0 Å². The van der Waals surface area contributed by atoms with Crippen molar-refractivity contribution in [3.8, 4) is 0 Å². The highest BCUT2D eigenvalue weighted by atomic mass is 16.5. The Hall–Kier alpha value is -1.88. The van der Waals surface area contributed by atoms with Gasteiger partial charge in [0.2, 0.25) is 0 Å². The van der Waals surface area contributed by atoms with Gasteiger partial charge in [-0.1, -0.05) is 32.1 Å². The van der Waals surface area contributed by atoms with Gasteiger partial charge in [0.15, 0.2) is 0 Å². The van der Waals surface area contributed by atoms with E-state index >= 15 is 0 Å². The van der Waals surface area contributed by atoms with Crippen LogP contribution in [0.2, 0.25) is 0 Å². The first-order chi connectivity index (χ1) is 12.7. The maximum Gasteiger partial charge on any atom is 0.342 e. The zero-order valence-electron chi connectivity index (χ0n) is 16.5. The zero-order valence-corrected chi connectivity index (χ0v) is 16.5. The summed E-state index contributed by atoms with van der Waals surface area (Å²) < 4.78 is 10.2. The zero-order chi connectivity index (χ0) is 19.8. The fourth-order valence-electron chi connectivity index (χ4n) is 5.58.